The lowest BCUT2D eigenvalue weighted by Crippen LogP contribution is -2.30. The van der Waals surface area contributed by atoms with Gasteiger partial charge in [0.2, 0.25) is 5.95 Å². The number of hydrogen-bond donors (Lipinski definition) is 5. The summed E-state index contributed by atoms with van der Waals surface area (Å²) in [5.74, 6) is -2.54. The number of amides is 1. The van der Waals surface area contributed by atoms with E-state index in [2.05, 4.69) is 25.6 Å². The lowest BCUT2D eigenvalue weighted by atomic mass is 10.1. The van der Waals surface area contributed by atoms with Crippen LogP contribution in [0.3, 0.4) is 0 Å². The number of benzene rings is 1. The minimum Gasteiger partial charge on any atom is -0.477 e. The number of aliphatic hydroxyl groups is 1. The molecule has 0 spiro atoms. The van der Waals surface area contributed by atoms with Crippen molar-refractivity contribution in [2.45, 2.75) is 12.1 Å². The van der Waals surface area contributed by atoms with Crippen molar-refractivity contribution in [2.75, 3.05) is 17.2 Å². The highest BCUT2D eigenvalue weighted by Crippen LogP contribution is 2.33. The van der Waals surface area contributed by atoms with Crippen LogP contribution >= 0.6 is 0 Å². The Hall–Kier alpha value is -4.19. The highest BCUT2D eigenvalue weighted by molar-refractivity contribution is 5.99. The molecule has 10 nitrogen and oxygen atoms in total. The third kappa shape index (κ3) is 4.03. The van der Waals surface area contributed by atoms with Crippen LogP contribution in [0.5, 0.6) is 0 Å². The van der Waals surface area contributed by atoms with Crippen LogP contribution in [0.1, 0.15) is 38.0 Å². The van der Waals surface area contributed by atoms with Crippen LogP contribution in [0.4, 0.5) is 26.4 Å². The van der Waals surface area contributed by atoms with Gasteiger partial charge in [0, 0.05) is 6.20 Å². The Morgan fingerprint density at radius 2 is 1.91 bits per heavy atom. The zero-order chi connectivity index (χ0) is 22.9. The van der Waals surface area contributed by atoms with E-state index in [-0.39, 0.29) is 35.3 Å². The van der Waals surface area contributed by atoms with Crippen LogP contribution < -0.4 is 16.0 Å². The maximum absolute atomic E-state index is 13.9. The Bertz CT molecular complexity index is 1190. The van der Waals surface area contributed by atoms with E-state index in [4.69, 9.17) is 0 Å². The van der Waals surface area contributed by atoms with Crippen molar-refractivity contribution in [1.82, 2.24) is 20.3 Å². The molecule has 4 rings (SSSR count). The predicted molar refractivity (Wildman–Crippen MR) is 108 cm³/mol. The van der Waals surface area contributed by atoms with E-state index in [1.54, 1.807) is 30.3 Å². The van der Waals surface area contributed by atoms with Crippen LogP contribution in [0.25, 0.3) is 0 Å². The summed E-state index contributed by atoms with van der Waals surface area (Å²) in [6, 6.07) is 7.02. The van der Waals surface area contributed by atoms with E-state index >= 15 is 0 Å². The predicted octanol–water partition coefficient (Wildman–Crippen LogP) is 2.25. The molecule has 0 aliphatic carbocycles. The molecule has 1 amide bonds. The summed E-state index contributed by atoms with van der Waals surface area (Å²) in [7, 11) is 0. The first-order chi connectivity index (χ1) is 15.3. The smallest absolute Gasteiger partial charge is 0.370 e. The number of alkyl halides is 2. The van der Waals surface area contributed by atoms with Gasteiger partial charge < -0.3 is 20.8 Å². The zero-order valence-electron chi connectivity index (χ0n) is 16.2. The first-order valence-electron chi connectivity index (χ1n) is 9.30. The second kappa shape index (κ2) is 8.15. The van der Waals surface area contributed by atoms with E-state index in [0.717, 1.165) is 6.20 Å². The van der Waals surface area contributed by atoms with Crippen molar-refractivity contribution in [3.63, 3.8) is 0 Å². The molecule has 3 heterocycles. The number of halogens is 2. The molecular formula is C20H16F2N6O4. The lowest BCUT2D eigenvalue weighted by molar-refractivity contribution is -0.0278. The van der Waals surface area contributed by atoms with Gasteiger partial charge in [0.15, 0.2) is 0 Å². The molecule has 1 aromatic carbocycles. The summed E-state index contributed by atoms with van der Waals surface area (Å²) in [5.41, 5.74) is -0.552. The van der Waals surface area contributed by atoms with Gasteiger partial charge in [-0.25, -0.2) is 14.8 Å². The van der Waals surface area contributed by atoms with Crippen molar-refractivity contribution in [2.24, 2.45) is 0 Å². The minimum atomic E-state index is -3.62. The van der Waals surface area contributed by atoms with E-state index in [0.29, 0.717) is 5.56 Å². The Morgan fingerprint density at radius 1 is 1.16 bits per heavy atom. The number of aromatic nitrogens is 3. The number of carboxylic acids is 1. The minimum absolute atomic E-state index is 0.0734. The third-order valence-corrected chi connectivity index (χ3v) is 4.66. The molecule has 0 bridgehead atoms. The number of aliphatic hydroxyl groups excluding tert-OH is 1. The summed E-state index contributed by atoms with van der Waals surface area (Å²) < 4.78 is 27.8. The molecule has 164 valence electrons. The Labute approximate surface area is 179 Å². The number of nitrogens with zero attached hydrogens (tertiary/aromatic N) is 3. The number of anilines is 3. The van der Waals surface area contributed by atoms with E-state index in [1.165, 1.54) is 17.4 Å². The van der Waals surface area contributed by atoms with Gasteiger partial charge in [-0.2, -0.15) is 13.8 Å². The number of carbonyl (C=O) groups excluding carboxylic acids is 1. The largest absolute Gasteiger partial charge is 0.477 e. The first kappa shape index (κ1) is 21.1. The summed E-state index contributed by atoms with van der Waals surface area (Å²) in [4.78, 5) is 34.9. The van der Waals surface area contributed by atoms with Crippen LogP contribution in [0.15, 0.2) is 48.7 Å². The zero-order valence-corrected chi connectivity index (χ0v) is 16.2. The van der Waals surface area contributed by atoms with Gasteiger partial charge in [0.25, 0.3) is 5.91 Å². The first-order valence-corrected chi connectivity index (χ1v) is 9.30. The number of aromatic carboxylic acids is 1. The molecule has 5 N–H and O–H groups in total. The monoisotopic (exact) mass is 442 g/mol. The molecule has 0 fully saturated rings. The van der Waals surface area contributed by atoms with Crippen molar-refractivity contribution < 1.29 is 28.6 Å². The van der Waals surface area contributed by atoms with Gasteiger partial charge in [-0.3, -0.25) is 10.1 Å². The van der Waals surface area contributed by atoms with Gasteiger partial charge in [-0.05, 0) is 17.7 Å². The van der Waals surface area contributed by atoms with Crippen molar-refractivity contribution >= 4 is 29.5 Å². The number of carbonyl (C=O) groups is 2. The molecule has 3 aromatic rings. The number of carboxylic acid groups (broad SMARTS) is 1. The summed E-state index contributed by atoms with van der Waals surface area (Å²) >= 11 is 0. The van der Waals surface area contributed by atoms with Crippen LogP contribution in [-0.4, -0.2) is 43.6 Å². The van der Waals surface area contributed by atoms with Gasteiger partial charge in [0.1, 0.15) is 22.9 Å². The number of fused-ring (bicyclic) bond motifs is 1. The number of nitrogens with one attached hydrogen (secondary N) is 3. The van der Waals surface area contributed by atoms with Crippen LogP contribution in [0.2, 0.25) is 0 Å². The van der Waals surface area contributed by atoms with Gasteiger partial charge in [0.05, 0.1) is 18.2 Å². The van der Waals surface area contributed by atoms with Crippen molar-refractivity contribution in [3.05, 3.63) is 71.0 Å². The average molecular weight is 442 g/mol. The number of hydrogen-bond acceptors (Lipinski definition) is 8. The molecule has 0 saturated heterocycles. The molecule has 1 aliphatic rings. The summed E-state index contributed by atoms with van der Waals surface area (Å²) in [6.45, 7) is -0.349. The fourth-order valence-corrected chi connectivity index (χ4v) is 3.13. The number of rotatable bonds is 7. The maximum Gasteiger partial charge on any atom is 0.370 e. The molecule has 1 aliphatic heterocycles. The molecule has 12 heteroatoms. The Kier molecular flexibility index (Phi) is 5.36. The van der Waals surface area contributed by atoms with E-state index < -0.39 is 29.7 Å². The highest BCUT2D eigenvalue weighted by atomic mass is 19.3. The molecule has 0 radical (unpaired) electrons. The van der Waals surface area contributed by atoms with E-state index in [1.807, 2.05) is 0 Å². The van der Waals surface area contributed by atoms with Crippen molar-refractivity contribution in [3.8, 4) is 0 Å². The SMILES string of the molecule is O=C(O)c1cnc(Nc2ccc3c(n2)C(F)(F)NC3=O)nc1N[C@H](CO)c1ccccc1. The molecule has 0 unspecified atom stereocenters. The highest BCUT2D eigenvalue weighted by Gasteiger charge is 2.45. The maximum atomic E-state index is 13.9. The Balaban J connectivity index is 1.64. The molecule has 0 saturated carbocycles. The second-order valence-corrected chi connectivity index (χ2v) is 6.80. The average Bonchev–Trinajstić information content (AvgIpc) is 3.00. The van der Waals surface area contributed by atoms with E-state index in [9.17, 15) is 28.6 Å². The fourth-order valence-electron chi connectivity index (χ4n) is 3.13. The molecular weight excluding hydrogens is 426 g/mol. The quantitative estimate of drug-likeness (QED) is 0.347. The normalized spacial score (nSPS) is 14.9. The molecule has 2 aromatic heterocycles. The Morgan fingerprint density at radius 3 is 2.59 bits per heavy atom. The second-order valence-electron chi connectivity index (χ2n) is 6.80. The third-order valence-electron chi connectivity index (χ3n) is 4.66. The van der Waals surface area contributed by atoms with Gasteiger partial charge >= 0.3 is 12.0 Å². The topological polar surface area (TPSA) is 149 Å². The molecule has 32 heavy (non-hydrogen) atoms. The molecule has 1 atom stereocenters. The van der Waals surface area contributed by atoms with Gasteiger partial charge in [-0.15, -0.1) is 0 Å². The van der Waals surface area contributed by atoms with Crippen molar-refractivity contribution in [1.29, 1.82) is 0 Å². The standard InChI is InChI=1S/C20H16F2N6O4/c21-20(22)15-11(17(30)28-20)6-7-14(25-15)26-19-23-8-12(18(31)32)16(27-19)24-13(9-29)10-4-2-1-3-5-10/h1-8,13,29H,9H2,(H,28,30)(H,31,32)(H2,23,24,25,26,27)/t13-/m1/s1. The summed E-state index contributed by atoms with van der Waals surface area (Å²) in [5, 5.41) is 26.2. The van der Waals surface area contributed by atoms with Gasteiger partial charge in [-0.1, -0.05) is 30.3 Å². The van der Waals surface area contributed by atoms with Crippen LogP contribution in [0, 0.1) is 0 Å². The van der Waals surface area contributed by atoms with Crippen LogP contribution in [-0.2, 0) is 6.05 Å². The lowest BCUT2D eigenvalue weighted by Gasteiger charge is -2.19. The fraction of sp³-hybridized carbons (Fsp3) is 0.150. The summed E-state index contributed by atoms with van der Waals surface area (Å²) in [6.07, 6.45) is 1.03. The number of pyridine rings is 1.